The van der Waals surface area contributed by atoms with Gasteiger partial charge in [0, 0.05) is 27.9 Å². The lowest BCUT2D eigenvalue weighted by molar-refractivity contribution is 0.0481. The zero-order valence-electron chi connectivity index (χ0n) is 16.6. The number of rotatable bonds is 5. The third-order valence-corrected chi connectivity index (χ3v) is 5.63. The predicted molar refractivity (Wildman–Crippen MR) is 114 cm³/mol. The Bertz CT molecular complexity index is 833. The Balaban J connectivity index is 1.68. The molecule has 1 aliphatic rings. The Labute approximate surface area is 176 Å². The lowest BCUT2D eigenvalue weighted by Crippen LogP contribution is -2.37. The highest BCUT2D eigenvalue weighted by molar-refractivity contribution is 7.94. The number of benzene rings is 2. The molecule has 4 nitrogen and oxygen atoms in total. The van der Waals surface area contributed by atoms with Gasteiger partial charge in [0.1, 0.15) is 5.60 Å². The quantitative estimate of drug-likeness (QED) is 0.594. The molecule has 1 amide bonds. The molecule has 1 unspecified atom stereocenters. The number of hydrogen-bond donors (Lipinski definition) is 1. The first-order valence-corrected chi connectivity index (χ1v) is 10.5. The molecule has 150 valence electrons. The maximum atomic E-state index is 12.4. The number of nitrogens with one attached hydrogen (secondary N) is 1. The highest BCUT2D eigenvalue weighted by Gasteiger charge is 2.36. The van der Waals surface area contributed by atoms with Crippen molar-refractivity contribution >= 4 is 29.7 Å². The Hall–Kier alpha value is -1.69. The van der Waals surface area contributed by atoms with Crippen LogP contribution in [0.4, 0.5) is 4.79 Å². The molecular weight excluding hydrogens is 394 g/mol. The summed E-state index contributed by atoms with van der Waals surface area (Å²) in [6.45, 7) is 8.10. The van der Waals surface area contributed by atoms with Gasteiger partial charge in [0.15, 0.2) is 0 Å². The molecule has 3 rings (SSSR count). The molecular formula is C22H26ClNO3S. The van der Waals surface area contributed by atoms with Crippen LogP contribution in [0.1, 0.15) is 43.5 Å². The van der Waals surface area contributed by atoms with Crippen molar-refractivity contribution in [3.05, 3.63) is 64.2 Å². The number of carbonyl (C=O) groups is 1. The second-order valence-corrected chi connectivity index (χ2v) is 9.36. The number of ether oxygens (including phenoxy) is 1. The van der Waals surface area contributed by atoms with Gasteiger partial charge in [-0.2, -0.15) is 0 Å². The molecule has 2 aromatic carbocycles. The maximum Gasteiger partial charge on any atom is 0.408 e. The van der Waals surface area contributed by atoms with Crippen molar-refractivity contribution < 1.29 is 13.7 Å². The molecule has 0 bridgehead atoms. The van der Waals surface area contributed by atoms with Gasteiger partial charge in [0.25, 0.3) is 0 Å². The highest BCUT2D eigenvalue weighted by atomic mass is 35.5. The van der Waals surface area contributed by atoms with Crippen LogP contribution in [0.15, 0.2) is 47.4 Å². The zero-order valence-corrected chi connectivity index (χ0v) is 18.2. The number of fused-ring (bicyclic) bond motifs is 1. The van der Waals surface area contributed by atoms with Gasteiger partial charge in [-0.1, -0.05) is 41.4 Å². The summed E-state index contributed by atoms with van der Waals surface area (Å²) in [4.78, 5) is 13.4. The predicted octanol–water partition coefficient (Wildman–Crippen LogP) is 6.11. The Morgan fingerprint density at radius 3 is 2.61 bits per heavy atom. The van der Waals surface area contributed by atoms with E-state index >= 15 is 0 Å². The van der Waals surface area contributed by atoms with Crippen molar-refractivity contribution in [3.63, 3.8) is 0 Å². The first-order valence-electron chi connectivity index (χ1n) is 9.36. The molecule has 0 radical (unpaired) electrons. The number of hydrogen-bond acceptors (Lipinski definition) is 4. The molecule has 1 N–H and O–H groups in total. The minimum absolute atomic E-state index is 0.0837. The van der Waals surface area contributed by atoms with Gasteiger partial charge < -0.3 is 14.2 Å². The smallest absolute Gasteiger partial charge is 0.408 e. The van der Waals surface area contributed by atoms with E-state index in [4.69, 9.17) is 20.5 Å². The topological polar surface area (TPSA) is 47.6 Å². The largest absolute Gasteiger partial charge is 0.444 e. The van der Waals surface area contributed by atoms with Gasteiger partial charge in [-0.05, 0) is 63.4 Å². The Morgan fingerprint density at radius 1 is 1.21 bits per heavy atom. The summed E-state index contributed by atoms with van der Waals surface area (Å²) in [6.07, 6.45) is 0.325. The molecule has 1 aliphatic carbocycles. The summed E-state index contributed by atoms with van der Waals surface area (Å²) in [6, 6.07) is 13.8. The Morgan fingerprint density at radius 2 is 1.93 bits per heavy atom. The van der Waals surface area contributed by atoms with Crippen LogP contribution in [0.25, 0.3) is 0 Å². The normalized spacial score (nSPS) is 18.6. The van der Waals surface area contributed by atoms with E-state index in [2.05, 4.69) is 24.4 Å². The SMILES string of the molecule is Cc1ccc(SOC[C@@H]2Cc3c(Cl)cccc3C2NC(=O)OC(C)(C)C)cc1. The van der Waals surface area contributed by atoms with Crippen LogP contribution in [0, 0.1) is 12.8 Å². The monoisotopic (exact) mass is 419 g/mol. The van der Waals surface area contributed by atoms with Crippen LogP contribution in [0.2, 0.25) is 5.02 Å². The third-order valence-electron chi connectivity index (χ3n) is 4.56. The van der Waals surface area contributed by atoms with E-state index in [0.717, 1.165) is 27.5 Å². The van der Waals surface area contributed by atoms with E-state index in [1.165, 1.54) is 17.6 Å². The molecule has 0 fully saturated rings. The van der Waals surface area contributed by atoms with Gasteiger partial charge >= 0.3 is 6.09 Å². The number of halogens is 1. The van der Waals surface area contributed by atoms with Crippen LogP contribution in [0.3, 0.4) is 0 Å². The van der Waals surface area contributed by atoms with Crippen molar-refractivity contribution in [2.45, 2.75) is 50.7 Å². The van der Waals surface area contributed by atoms with E-state index < -0.39 is 11.7 Å². The van der Waals surface area contributed by atoms with Crippen molar-refractivity contribution in [1.82, 2.24) is 5.32 Å². The van der Waals surface area contributed by atoms with Crippen molar-refractivity contribution in [1.29, 1.82) is 0 Å². The van der Waals surface area contributed by atoms with Gasteiger partial charge in [0.2, 0.25) is 0 Å². The van der Waals surface area contributed by atoms with Gasteiger partial charge in [-0.15, -0.1) is 0 Å². The summed E-state index contributed by atoms with van der Waals surface area (Å²) in [5.41, 5.74) is 2.77. The molecule has 28 heavy (non-hydrogen) atoms. The van der Waals surface area contributed by atoms with Crippen molar-refractivity contribution in [2.24, 2.45) is 5.92 Å². The summed E-state index contributed by atoms with van der Waals surface area (Å²) in [5.74, 6) is 0.0837. The second-order valence-electron chi connectivity index (χ2n) is 8.08. The average Bonchev–Trinajstić information content (AvgIpc) is 2.94. The van der Waals surface area contributed by atoms with Crippen LogP contribution in [0.5, 0.6) is 0 Å². The van der Waals surface area contributed by atoms with Crippen LogP contribution < -0.4 is 5.32 Å². The first-order chi connectivity index (χ1) is 13.2. The summed E-state index contributed by atoms with van der Waals surface area (Å²) >= 11 is 7.75. The molecule has 0 aliphatic heterocycles. The summed E-state index contributed by atoms with van der Waals surface area (Å²) in [5, 5.41) is 3.74. The molecule has 0 saturated heterocycles. The molecule has 2 aromatic rings. The lowest BCUT2D eigenvalue weighted by atomic mass is 10.0. The number of aryl methyl sites for hydroxylation is 1. The molecule has 6 heteroatoms. The van der Waals surface area contributed by atoms with Gasteiger partial charge in [-0.25, -0.2) is 4.79 Å². The number of amides is 1. The maximum absolute atomic E-state index is 12.4. The van der Waals surface area contributed by atoms with Crippen LogP contribution in [-0.4, -0.2) is 18.3 Å². The molecule has 0 aromatic heterocycles. The summed E-state index contributed by atoms with van der Waals surface area (Å²) < 4.78 is 11.4. The first kappa shape index (κ1) is 21.0. The van der Waals surface area contributed by atoms with Crippen LogP contribution in [-0.2, 0) is 15.3 Å². The highest BCUT2D eigenvalue weighted by Crippen LogP contribution is 2.40. The molecule has 0 saturated carbocycles. The Kier molecular flexibility index (Phi) is 6.58. The minimum atomic E-state index is -0.548. The van der Waals surface area contributed by atoms with Crippen molar-refractivity contribution in [2.75, 3.05) is 6.61 Å². The zero-order chi connectivity index (χ0) is 20.3. The lowest BCUT2D eigenvalue weighted by Gasteiger charge is -2.25. The van der Waals surface area contributed by atoms with E-state index in [1.807, 2.05) is 51.1 Å². The van der Waals surface area contributed by atoms with E-state index in [1.54, 1.807) is 0 Å². The molecule has 2 atom stereocenters. The summed E-state index contributed by atoms with van der Waals surface area (Å²) in [7, 11) is 0. The second kappa shape index (κ2) is 8.76. The number of alkyl carbamates (subject to hydrolysis) is 1. The van der Waals surface area contributed by atoms with Gasteiger partial charge in [-0.3, -0.25) is 0 Å². The van der Waals surface area contributed by atoms with E-state index in [0.29, 0.717) is 6.61 Å². The average molecular weight is 420 g/mol. The van der Waals surface area contributed by atoms with E-state index in [9.17, 15) is 4.79 Å². The fourth-order valence-electron chi connectivity index (χ4n) is 3.28. The standard InChI is InChI=1S/C22H26ClNO3S/c1-14-8-10-16(11-9-14)28-26-13-15-12-18-17(6-5-7-19(18)23)20(15)24-21(25)27-22(2,3)4/h5-11,15,20H,12-13H2,1-4H3,(H,24,25)/t15-,20?/m0/s1. The fourth-order valence-corrected chi connectivity index (χ4v) is 4.17. The third kappa shape index (κ3) is 5.43. The number of carbonyl (C=O) groups excluding carboxylic acids is 1. The fraction of sp³-hybridized carbons (Fsp3) is 0.409. The van der Waals surface area contributed by atoms with Crippen molar-refractivity contribution in [3.8, 4) is 0 Å². The molecule has 0 heterocycles. The minimum Gasteiger partial charge on any atom is -0.444 e. The van der Waals surface area contributed by atoms with Crippen LogP contribution >= 0.6 is 23.6 Å². The van der Waals surface area contributed by atoms with Gasteiger partial charge in [0.05, 0.1) is 12.6 Å². The molecule has 0 spiro atoms. The van der Waals surface area contributed by atoms with E-state index in [-0.39, 0.29) is 12.0 Å².